The quantitative estimate of drug-likeness (QED) is 0.500. The Balaban J connectivity index is 2.21. The van der Waals surface area contributed by atoms with Crippen molar-refractivity contribution < 1.29 is 4.42 Å². The number of aromatic nitrogens is 2. The molecule has 0 aliphatic rings. The molecule has 8 nitrogen and oxygen atoms in total. The molecule has 0 atom stereocenters. The standard InChI is InChI=1S/C10H11N7O/c11-9(12)16-10(13)15-7-3-1-6(2-4-7)8-17-14-5-18-8/h1-5H,(H6,11,12,13,15,16). The molecular formula is C10H11N7O. The van der Waals surface area contributed by atoms with Crippen molar-refractivity contribution in [2.75, 3.05) is 0 Å². The molecule has 2 rings (SSSR count). The summed E-state index contributed by atoms with van der Waals surface area (Å²) in [5.41, 5.74) is 17.2. The van der Waals surface area contributed by atoms with Gasteiger partial charge >= 0.3 is 0 Å². The summed E-state index contributed by atoms with van der Waals surface area (Å²) in [7, 11) is 0. The summed E-state index contributed by atoms with van der Waals surface area (Å²) >= 11 is 0. The fourth-order valence-electron chi connectivity index (χ4n) is 1.27. The van der Waals surface area contributed by atoms with E-state index in [1.165, 1.54) is 6.39 Å². The second-order valence-corrected chi connectivity index (χ2v) is 3.30. The first-order valence-corrected chi connectivity index (χ1v) is 4.95. The van der Waals surface area contributed by atoms with Crippen LogP contribution in [0.5, 0.6) is 0 Å². The fraction of sp³-hybridized carbons (Fsp3) is 0. The van der Waals surface area contributed by atoms with E-state index in [-0.39, 0.29) is 11.9 Å². The Kier molecular flexibility index (Phi) is 3.19. The van der Waals surface area contributed by atoms with Gasteiger partial charge in [0.05, 0.1) is 5.69 Å². The summed E-state index contributed by atoms with van der Waals surface area (Å²) in [4.78, 5) is 7.61. The monoisotopic (exact) mass is 245 g/mol. The molecule has 1 aromatic heterocycles. The maximum atomic E-state index is 5.50. The normalized spacial score (nSPS) is 11.2. The molecule has 0 fully saturated rings. The number of nitrogens with two attached hydrogens (primary N) is 3. The van der Waals surface area contributed by atoms with Crippen molar-refractivity contribution in [1.82, 2.24) is 10.2 Å². The highest BCUT2D eigenvalue weighted by molar-refractivity contribution is 5.93. The van der Waals surface area contributed by atoms with Gasteiger partial charge in [-0.25, -0.2) is 4.99 Å². The largest absolute Gasteiger partial charge is 0.423 e. The molecule has 0 amide bonds. The van der Waals surface area contributed by atoms with Gasteiger partial charge in [0, 0.05) is 5.56 Å². The van der Waals surface area contributed by atoms with Crippen LogP contribution in [0.4, 0.5) is 5.69 Å². The Labute approximate surface area is 102 Å². The summed E-state index contributed by atoms with van der Waals surface area (Å²) in [5, 5.41) is 7.38. The molecule has 0 saturated heterocycles. The van der Waals surface area contributed by atoms with Gasteiger partial charge in [0.15, 0.2) is 5.96 Å². The lowest BCUT2D eigenvalue weighted by molar-refractivity contribution is 0.568. The van der Waals surface area contributed by atoms with Crippen LogP contribution in [0.15, 0.2) is 45.1 Å². The molecule has 0 aliphatic heterocycles. The van der Waals surface area contributed by atoms with Gasteiger partial charge < -0.3 is 21.6 Å². The zero-order valence-electron chi connectivity index (χ0n) is 9.32. The summed E-state index contributed by atoms with van der Waals surface area (Å²) in [6.45, 7) is 0. The second kappa shape index (κ2) is 4.95. The van der Waals surface area contributed by atoms with Crippen molar-refractivity contribution >= 4 is 17.6 Å². The van der Waals surface area contributed by atoms with Crippen molar-refractivity contribution in [3.05, 3.63) is 30.7 Å². The SMILES string of the molecule is NC(N)=NC(N)=Nc1ccc(-c2nnco2)cc1. The van der Waals surface area contributed by atoms with Crippen molar-refractivity contribution in [2.24, 2.45) is 27.2 Å². The molecule has 0 spiro atoms. The molecule has 8 heteroatoms. The minimum absolute atomic E-state index is 0.0134. The first-order valence-electron chi connectivity index (χ1n) is 4.95. The third-order valence-corrected chi connectivity index (χ3v) is 1.96. The van der Waals surface area contributed by atoms with Crippen molar-refractivity contribution in [3.63, 3.8) is 0 Å². The molecule has 1 heterocycles. The Morgan fingerprint density at radius 2 is 1.83 bits per heavy atom. The van der Waals surface area contributed by atoms with Gasteiger partial charge in [0.25, 0.3) is 0 Å². The number of benzene rings is 1. The van der Waals surface area contributed by atoms with E-state index in [9.17, 15) is 0 Å². The third kappa shape index (κ3) is 2.82. The van der Waals surface area contributed by atoms with Crippen LogP contribution in [0, 0.1) is 0 Å². The van der Waals surface area contributed by atoms with Gasteiger partial charge in [-0.2, -0.15) is 4.99 Å². The first kappa shape index (κ1) is 11.6. The molecule has 6 N–H and O–H groups in total. The van der Waals surface area contributed by atoms with E-state index in [1.807, 2.05) is 0 Å². The van der Waals surface area contributed by atoms with Crippen LogP contribution in [0.3, 0.4) is 0 Å². The summed E-state index contributed by atoms with van der Waals surface area (Å²) in [6.07, 6.45) is 1.26. The maximum absolute atomic E-state index is 5.50. The third-order valence-electron chi connectivity index (χ3n) is 1.96. The van der Waals surface area contributed by atoms with Crippen LogP contribution in [0.2, 0.25) is 0 Å². The van der Waals surface area contributed by atoms with E-state index in [4.69, 9.17) is 21.6 Å². The van der Waals surface area contributed by atoms with Gasteiger partial charge in [0.1, 0.15) is 0 Å². The average Bonchev–Trinajstić information content (AvgIpc) is 2.82. The lowest BCUT2D eigenvalue weighted by atomic mass is 10.2. The number of guanidine groups is 2. The average molecular weight is 245 g/mol. The Bertz CT molecular complexity index is 567. The minimum Gasteiger partial charge on any atom is -0.423 e. The highest BCUT2D eigenvalue weighted by Gasteiger charge is 2.02. The van der Waals surface area contributed by atoms with Gasteiger partial charge in [-0.1, -0.05) is 0 Å². The fourth-order valence-corrected chi connectivity index (χ4v) is 1.27. The van der Waals surface area contributed by atoms with Gasteiger partial charge in [-0.15, -0.1) is 10.2 Å². The lowest BCUT2D eigenvalue weighted by Crippen LogP contribution is -2.26. The maximum Gasteiger partial charge on any atom is 0.247 e. The minimum atomic E-state index is -0.140. The number of rotatable bonds is 2. The van der Waals surface area contributed by atoms with Crippen molar-refractivity contribution in [2.45, 2.75) is 0 Å². The predicted molar refractivity (Wildman–Crippen MR) is 66.8 cm³/mol. The molecule has 2 aromatic rings. The van der Waals surface area contributed by atoms with E-state index in [2.05, 4.69) is 20.2 Å². The summed E-state index contributed by atoms with van der Waals surface area (Å²) in [6, 6.07) is 7.01. The molecule has 0 aliphatic carbocycles. The topological polar surface area (TPSA) is 142 Å². The van der Waals surface area contributed by atoms with Crippen LogP contribution in [0.1, 0.15) is 0 Å². The highest BCUT2D eigenvalue weighted by atomic mass is 16.4. The van der Waals surface area contributed by atoms with E-state index in [0.29, 0.717) is 11.6 Å². The zero-order chi connectivity index (χ0) is 13.0. The van der Waals surface area contributed by atoms with Gasteiger partial charge in [-0.3, -0.25) is 0 Å². The van der Waals surface area contributed by atoms with Crippen LogP contribution in [-0.4, -0.2) is 22.1 Å². The van der Waals surface area contributed by atoms with E-state index in [1.54, 1.807) is 24.3 Å². The van der Waals surface area contributed by atoms with Crippen molar-refractivity contribution in [3.8, 4) is 11.5 Å². The zero-order valence-corrected chi connectivity index (χ0v) is 9.32. The number of hydrogen-bond donors (Lipinski definition) is 3. The Hall–Kier alpha value is -2.90. The summed E-state index contributed by atoms with van der Waals surface area (Å²) in [5.74, 6) is 0.280. The highest BCUT2D eigenvalue weighted by Crippen LogP contribution is 2.20. The van der Waals surface area contributed by atoms with E-state index < -0.39 is 0 Å². The van der Waals surface area contributed by atoms with E-state index in [0.717, 1.165) is 5.56 Å². The molecule has 1 aromatic carbocycles. The lowest BCUT2D eigenvalue weighted by Gasteiger charge is -1.97. The number of aliphatic imine (C=N–C) groups is 2. The first-order chi connectivity index (χ1) is 8.65. The van der Waals surface area contributed by atoms with Gasteiger partial charge in [-0.05, 0) is 24.3 Å². The molecule has 0 radical (unpaired) electrons. The van der Waals surface area contributed by atoms with Gasteiger partial charge in [0.2, 0.25) is 18.2 Å². The Morgan fingerprint density at radius 1 is 1.11 bits per heavy atom. The molecule has 18 heavy (non-hydrogen) atoms. The molecule has 92 valence electrons. The molecule has 0 unspecified atom stereocenters. The predicted octanol–water partition coefficient (Wildman–Crippen LogP) is -0.0438. The second-order valence-electron chi connectivity index (χ2n) is 3.30. The van der Waals surface area contributed by atoms with Crippen LogP contribution >= 0.6 is 0 Å². The molecule has 0 bridgehead atoms. The number of hydrogen-bond acceptors (Lipinski definition) is 4. The molecular weight excluding hydrogens is 234 g/mol. The van der Waals surface area contributed by atoms with Crippen LogP contribution < -0.4 is 17.2 Å². The smallest absolute Gasteiger partial charge is 0.247 e. The molecule has 0 saturated carbocycles. The summed E-state index contributed by atoms with van der Waals surface area (Å²) < 4.78 is 5.06. The van der Waals surface area contributed by atoms with Crippen molar-refractivity contribution in [1.29, 1.82) is 0 Å². The van der Waals surface area contributed by atoms with Crippen LogP contribution in [-0.2, 0) is 0 Å². The van der Waals surface area contributed by atoms with Crippen LogP contribution in [0.25, 0.3) is 11.5 Å². The van der Waals surface area contributed by atoms with E-state index >= 15 is 0 Å². The Morgan fingerprint density at radius 3 is 2.39 bits per heavy atom. The number of nitrogens with zero attached hydrogens (tertiary/aromatic N) is 4.